The molecule has 1 fully saturated rings. The van der Waals surface area contributed by atoms with Crippen molar-refractivity contribution in [3.8, 4) is 5.88 Å². The molecule has 1 N–H and O–H groups in total. The molecular formula is C16H17FN4O3. The lowest BCUT2D eigenvalue weighted by Crippen LogP contribution is -2.64. The summed E-state index contributed by atoms with van der Waals surface area (Å²) < 4.78 is 19.6. The quantitative estimate of drug-likeness (QED) is 0.848. The fourth-order valence-corrected chi connectivity index (χ4v) is 2.75. The van der Waals surface area contributed by atoms with Gasteiger partial charge < -0.3 is 15.0 Å². The average molecular weight is 332 g/mol. The van der Waals surface area contributed by atoms with E-state index in [4.69, 9.17) is 4.74 Å². The lowest BCUT2D eigenvalue weighted by Gasteiger charge is -2.38. The maximum atomic E-state index is 12.9. The lowest BCUT2D eigenvalue weighted by molar-refractivity contribution is -0.124. The molecule has 1 aliphatic rings. The van der Waals surface area contributed by atoms with Crippen molar-refractivity contribution in [1.82, 2.24) is 15.1 Å². The van der Waals surface area contributed by atoms with E-state index < -0.39 is 11.9 Å². The summed E-state index contributed by atoms with van der Waals surface area (Å²) in [4.78, 5) is 26.1. The number of methoxy groups -OCH3 is 1. The van der Waals surface area contributed by atoms with Crippen molar-refractivity contribution in [3.05, 3.63) is 41.3 Å². The molecule has 0 saturated carbocycles. The topological polar surface area (TPSA) is 76.5 Å². The molecule has 0 radical (unpaired) electrons. The zero-order valence-corrected chi connectivity index (χ0v) is 13.5. The molecule has 3 rings (SSSR count). The van der Waals surface area contributed by atoms with Gasteiger partial charge in [0, 0.05) is 12.7 Å². The predicted octanol–water partition coefficient (Wildman–Crippen LogP) is 1.02. The second-order valence-corrected chi connectivity index (χ2v) is 5.54. The van der Waals surface area contributed by atoms with Crippen LogP contribution in [0.3, 0.4) is 0 Å². The zero-order chi connectivity index (χ0) is 17.4. The first-order valence-corrected chi connectivity index (χ1v) is 7.37. The highest BCUT2D eigenvalue weighted by atomic mass is 19.1. The highest BCUT2D eigenvalue weighted by molar-refractivity contribution is 6.08. The predicted molar refractivity (Wildman–Crippen MR) is 84.5 cm³/mol. The number of nitrogens with zero attached hydrogens (tertiary/aromatic N) is 3. The van der Waals surface area contributed by atoms with Crippen molar-refractivity contribution >= 4 is 17.5 Å². The molecule has 1 aromatic carbocycles. The molecule has 126 valence electrons. The molecule has 2 amide bonds. The van der Waals surface area contributed by atoms with Gasteiger partial charge in [0.05, 0.1) is 19.3 Å². The van der Waals surface area contributed by atoms with Gasteiger partial charge in [0.2, 0.25) is 5.88 Å². The fourth-order valence-electron chi connectivity index (χ4n) is 2.75. The van der Waals surface area contributed by atoms with E-state index in [-0.39, 0.29) is 11.7 Å². The van der Waals surface area contributed by atoms with Gasteiger partial charge in [0.25, 0.3) is 11.8 Å². The molecule has 0 aliphatic carbocycles. The molecule has 1 unspecified atom stereocenters. The van der Waals surface area contributed by atoms with E-state index in [1.807, 2.05) is 0 Å². The van der Waals surface area contributed by atoms with E-state index in [2.05, 4.69) is 10.4 Å². The van der Waals surface area contributed by atoms with Gasteiger partial charge in [-0.2, -0.15) is 5.10 Å². The number of ether oxygens (including phenoxy) is 1. The van der Waals surface area contributed by atoms with E-state index >= 15 is 0 Å². The van der Waals surface area contributed by atoms with Crippen LogP contribution in [-0.2, 0) is 11.8 Å². The number of carbonyl (C=O) groups is 2. The van der Waals surface area contributed by atoms with Crippen LogP contribution < -0.4 is 15.0 Å². The van der Waals surface area contributed by atoms with Gasteiger partial charge in [-0.05, 0) is 31.2 Å². The molecule has 2 heterocycles. The minimum absolute atomic E-state index is 0.240. The van der Waals surface area contributed by atoms with E-state index in [1.165, 1.54) is 41.0 Å². The van der Waals surface area contributed by atoms with Crippen molar-refractivity contribution in [2.75, 3.05) is 18.6 Å². The van der Waals surface area contributed by atoms with Crippen LogP contribution in [0.1, 0.15) is 16.1 Å². The first kappa shape index (κ1) is 16.0. The third kappa shape index (κ3) is 2.60. The number of amides is 2. The Bertz CT molecular complexity index is 800. The lowest BCUT2D eigenvalue weighted by atomic mass is 10.1. The van der Waals surface area contributed by atoms with Crippen molar-refractivity contribution in [2.45, 2.75) is 13.0 Å². The molecule has 7 nitrogen and oxygen atoms in total. The van der Waals surface area contributed by atoms with Crippen LogP contribution in [0.15, 0.2) is 24.3 Å². The van der Waals surface area contributed by atoms with E-state index in [9.17, 15) is 14.0 Å². The van der Waals surface area contributed by atoms with Crippen LogP contribution in [0.25, 0.3) is 0 Å². The van der Waals surface area contributed by atoms with Crippen LogP contribution in [-0.4, -0.2) is 41.3 Å². The Labute approximate surface area is 138 Å². The van der Waals surface area contributed by atoms with E-state index in [1.54, 1.807) is 14.0 Å². The number of aromatic nitrogens is 2. The molecular weight excluding hydrogens is 315 g/mol. The number of halogens is 1. The number of β-lactam (4-membered cyclic amide) rings is 1. The second kappa shape index (κ2) is 5.95. The number of aryl methyl sites for hydroxylation is 2. The van der Waals surface area contributed by atoms with Gasteiger partial charge in [-0.3, -0.25) is 9.59 Å². The number of hydrogen-bond donors (Lipinski definition) is 1. The molecule has 0 bridgehead atoms. The molecule has 1 aromatic heterocycles. The summed E-state index contributed by atoms with van der Waals surface area (Å²) in [5, 5.41) is 6.83. The van der Waals surface area contributed by atoms with E-state index in [0.29, 0.717) is 29.4 Å². The average Bonchev–Trinajstić information content (AvgIpc) is 2.85. The molecule has 24 heavy (non-hydrogen) atoms. The van der Waals surface area contributed by atoms with Gasteiger partial charge in [-0.15, -0.1) is 0 Å². The van der Waals surface area contributed by atoms with Crippen LogP contribution in [0, 0.1) is 12.7 Å². The van der Waals surface area contributed by atoms with Crippen LogP contribution in [0.2, 0.25) is 0 Å². The van der Waals surface area contributed by atoms with E-state index in [0.717, 1.165) is 0 Å². The van der Waals surface area contributed by atoms with Crippen LogP contribution in [0.5, 0.6) is 5.88 Å². The Morgan fingerprint density at radius 1 is 1.38 bits per heavy atom. The normalized spacial score (nSPS) is 16.8. The molecule has 1 aliphatic heterocycles. The van der Waals surface area contributed by atoms with Gasteiger partial charge in [0.1, 0.15) is 17.4 Å². The number of nitrogens with one attached hydrogen (secondary N) is 1. The van der Waals surface area contributed by atoms with Crippen molar-refractivity contribution in [2.24, 2.45) is 7.05 Å². The highest BCUT2D eigenvalue weighted by Crippen LogP contribution is 2.24. The Kier molecular flexibility index (Phi) is 3.96. The highest BCUT2D eigenvalue weighted by Gasteiger charge is 2.39. The number of benzene rings is 1. The fraction of sp³-hybridized carbons (Fsp3) is 0.312. The first-order valence-electron chi connectivity index (χ1n) is 7.37. The Morgan fingerprint density at radius 2 is 2.04 bits per heavy atom. The summed E-state index contributed by atoms with van der Waals surface area (Å²) in [6.45, 7) is 2.03. The largest absolute Gasteiger partial charge is 0.481 e. The van der Waals surface area contributed by atoms with Gasteiger partial charge in [0.15, 0.2) is 0 Å². The summed E-state index contributed by atoms with van der Waals surface area (Å²) in [5.41, 5.74) is 1.43. The van der Waals surface area contributed by atoms with Gasteiger partial charge >= 0.3 is 0 Å². The molecule has 1 saturated heterocycles. The number of anilines is 1. The Balaban J connectivity index is 1.69. The zero-order valence-electron chi connectivity index (χ0n) is 13.5. The summed E-state index contributed by atoms with van der Waals surface area (Å²) in [6, 6.07) is 5.02. The third-order valence-electron chi connectivity index (χ3n) is 3.96. The van der Waals surface area contributed by atoms with Gasteiger partial charge in [-0.25, -0.2) is 9.07 Å². The second-order valence-electron chi connectivity index (χ2n) is 5.54. The monoisotopic (exact) mass is 332 g/mol. The maximum absolute atomic E-state index is 12.9. The summed E-state index contributed by atoms with van der Waals surface area (Å²) in [6.07, 6.45) is 0. The summed E-state index contributed by atoms with van der Waals surface area (Å²) in [5.74, 6) is -0.673. The van der Waals surface area contributed by atoms with Crippen molar-refractivity contribution in [1.29, 1.82) is 0 Å². The number of carbonyl (C=O) groups excluding carboxylic acids is 2. The molecule has 2 aromatic rings. The molecule has 0 spiro atoms. The Morgan fingerprint density at radius 3 is 2.62 bits per heavy atom. The van der Waals surface area contributed by atoms with Crippen molar-refractivity contribution < 1.29 is 18.7 Å². The third-order valence-corrected chi connectivity index (χ3v) is 3.96. The maximum Gasteiger partial charge on any atom is 0.259 e. The smallest absolute Gasteiger partial charge is 0.259 e. The Hall–Kier alpha value is -2.90. The molecule has 8 heteroatoms. The SMILES string of the molecule is COc1c(C(=O)NC2CN(c3ccc(F)cc3)C2=O)c(C)nn1C. The number of hydrogen-bond acceptors (Lipinski definition) is 4. The minimum atomic E-state index is -0.619. The first-order chi connectivity index (χ1) is 11.4. The van der Waals surface area contributed by atoms with Gasteiger partial charge in [-0.1, -0.05) is 0 Å². The standard InChI is InChI=1S/C16H17FN4O3/c1-9-13(16(24-3)20(2)19-9)14(22)18-12-8-21(15(12)23)11-6-4-10(17)5-7-11/h4-7,12H,8H2,1-3H3,(H,18,22). The summed E-state index contributed by atoms with van der Waals surface area (Å²) in [7, 11) is 3.13. The van der Waals surface area contributed by atoms with Crippen LogP contribution >= 0.6 is 0 Å². The minimum Gasteiger partial charge on any atom is -0.481 e. The summed E-state index contributed by atoms with van der Waals surface area (Å²) >= 11 is 0. The van der Waals surface area contributed by atoms with Crippen molar-refractivity contribution in [3.63, 3.8) is 0 Å². The van der Waals surface area contributed by atoms with Crippen LogP contribution in [0.4, 0.5) is 10.1 Å². The molecule has 1 atom stereocenters. The number of rotatable bonds is 4.